The molecule has 3 rings (SSSR count). The van der Waals surface area contributed by atoms with Gasteiger partial charge in [0.15, 0.2) is 0 Å². The van der Waals surface area contributed by atoms with Crippen LogP contribution < -0.4 is 14.8 Å². The highest BCUT2D eigenvalue weighted by atomic mass is 32.2. The third kappa shape index (κ3) is 5.81. The van der Waals surface area contributed by atoms with Crippen molar-refractivity contribution >= 4 is 15.8 Å². The van der Waals surface area contributed by atoms with E-state index in [1.807, 2.05) is 0 Å². The van der Waals surface area contributed by atoms with Crippen molar-refractivity contribution in [2.75, 3.05) is 19.7 Å². The average Bonchev–Trinajstić information content (AvgIpc) is 2.80. The van der Waals surface area contributed by atoms with Gasteiger partial charge in [-0.1, -0.05) is 31.5 Å². The molecule has 174 valence electrons. The average molecular weight is 462 g/mol. The smallest absolute Gasteiger partial charge is 0.309 e. The molecular weight excluding hydrogens is 430 g/mol. The summed E-state index contributed by atoms with van der Waals surface area (Å²) in [4.78, 5) is 12.3. The van der Waals surface area contributed by atoms with E-state index < -0.39 is 26.7 Å². The van der Waals surface area contributed by atoms with Crippen LogP contribution in [-0.4, -0.2) is 44.6 Å². The predicted molar refractivity (Wildman–Crippen MR) is 122 cm³/mol. The topological polar surface area (TPSA) is 102 Å². The molecule has 1 saturated heterocycles. The third-order valence-electron chi connectivity index (χ3n) is 5.85. The van der Waals surface area contributed by atoms with E-state index >= 15 is 0 Å². The van der Waals surface area contributed by atoms with Gasteiger partial charge in [-0.15, -0.1) is 0 Å². The number of carboxylic acid groups (broad SMARTS) is 1. The molecule has 0 radical (unpaired) electrons. The summed E-state index contributed by atoms with van der Waals surface area (Å²) < 4.78 is 38.7. The summed E-state index contributed by atoms with van der Waals surface area (Å²) in [7, 11) is -3.97. The first-order valence-electron chi connectivity index (χ1n) is 11.0. The van der Waals surface area contributed by atoms with Gasteiger partial charge >= 0.3 is 5.97 Å². The fourth-order valence-electron chi connectivity index (χ4n) is 3.81. The number of para-hydroxylation sites is 1. The van der Waals surface area contributed by atoms with Gasteiger partial charge in [0.1, 0.15) is 11.5 Å². The van der Waals surface area contributed by atoms with Crippen molar-refractivity contribution < 1.29 is 27.8 Å². The van der Waals surface area contributed by atoms with Crippen molar-refractivity contribution in [1.82, 2.24) is 5.32 Å². The van der Waals surface area contributed by atoms with Gasteiger partial charge < -0.3 is 19.9 Å². The van der Waals surface area contributed by atoms with E-state index in [0.717, 1.165) is 12.8 Å². The van der Waals surface area contributed by atoms with Gasteiger partial charge in [-0.25, -0.2) is 8.42 Å². The van der Waals surface area contributed by atoms with Crippen LogP contribution in [0.25, 0.3) is 0 Å². The molecule has 1 aliphatic heterocycles. The molecular formula is C24H31NO6S. The summed E-state index contributed by atoms with van der Waals surface area (Å²) >= 11 is 0. The third-order valence-corrected chi connectivity index (χ3v) is 7.73. The lowest BCUT2D eigenvalue weighted by atomic mass is 9.76. The highest BCUT2D eigenvalue weighted by Gasteiger charge is 2.46. The first-order chi connectivity index (χ1) is 15.4. The Morgan fingerprint density at radius 2 is 1.72 bits per heavy atom. The quantitative estimate of drug-likeness (QED) is 0.490. The fraction of sp³-hybridized carbons (Fsp3) is 0.458. The van der Waals surface area contributed by atoms with Crippen LogP contribution in [0.3, 0.4) is 0 Å². The molecule has 2 aromatic rings. The number of hydrogen-bond donors (Lipinski definition) is 2. The van der Waals surface area contributed by atoms with Gasteiger partial charge in [-0.05, 0) is 68.8 Å². The van der Waals surface area contributed by atoms with Gasteiger partial charge in [0, 0.05) is 6.42 Å². The van der Waals surface area contributed by atoms with Crippen molar-refractivity contribution in [3.05, 3.63) is 54.6 Å². The Morgan fingerprint density at radius 1 is 1.06 bits per heavy atom. The number of aliphatic carboxylic acids is 1. The van der Waals surface area contributed by atoms with Gasteiger partial charge in [0.2, 0.25) is 15.3 Å². The van der Waals surface area contributed by atoms with Crippen molar-refractivity contribution in [2.24, 2.45) is 5.41 Å². The second-order valence-electron chi connectivity index (χ2n) is 8.12. The van der Waals surface area contributed by atoms with Crippen LogP contribution in [0, 0.1) is 5.41 Å². The lowest BCUT2D eigenvalue weighted by molar-refractivity contribution is -0.152. The van der Waals surface area contributed by atoms with Crippen LogP contribution in [0.2, 0.25) is 0 Å². The molecule has 32 heavy (non-hydrogen) atoms. The number of carboxylic acids is 1. The largest absolute Gasteiger partial charge is 0.494 e. The molecule has 1 fully saturated rings. The van der Waals surface area contributed by atoms with E-state index in [0.29, 0.717) is 44.0 Å². The molecule has 2 N–H and O–H groups in total. The molecule has 1 atom stereocenters. The normalized spacial score (nSPS) is 16.8. The molecule has 0 aromatic heterocycles. The van der Waals surface area contributed by atoms with Crippen LogP contribution in [-0.2, 0) is 14.6 Å². The van der Waals surface area contributed by atoms with Crippen LogP contribution in [0.4, 0.5) is 0 Å². The van der Waals surface area contributed by atoms with Crippen molar-refractivity contribution in [3.63, 3.8) is 0 Å². The van der Waals surface area contributed by atoms with Gasteiger partial charge in [0.05, 0.1) is 16.9 Å². The number of hydrogen-bond acceptors (Lipinski definition) is 6. The SMILES string of the molecule is CCCCOc1ccc(S(=O)(=O)C(CC2(C(=O)O)CCNCC2)Oc2ccccc2)cc1. The molecule has 0 spiro atoms. The Kier molecular flexibility index (Phi) is 8.15. The van der Waals surface area contributed by atoms with Crippen LogP contribution in [0.5, 0.6) is 11.5 Å². The highest BCUT2D eigenvalue weighted by molar-refractivity contribution is 7.92. The minimum atomic E-state index is -3.97. The Balaban J connectivity index is 1.90. The highest BCUT2D eigenvalue weighted by Crippen LogP contribution is 2.38. The molecule has 8 heteroatoms. The molecule has 0 saturated carbocycles. The van der Waals surface area contributed by atoms with Crippen LogP contribution in [0.1, 0.15) is 39.0 Å². The zero-order chi connectivity index (χ0) is 23.0. The second kappa shape index (κ2) is 10.8. The summed E-state index contributed by atoms with van der Waals surface area (Å²) in [6, 6.07) is 14.9. The van der Waals surface area contributed by atoms with Crippen molar-refractivity contribution in [3.8, 4) is 11.5 Å². The minimum Gasteiger partial charge on any atom is -0.494 e. The maximum atomic E-state index is 13.6. The zero-order valence-electron chi connectivity index (χ0n) is 18.3. The maximum Gasteiger partial charge on any atom is 0.309 e. The lowest BCUT2D eigenvalue weighted by Crippen LogP contribution is -2.46. The standard InChI is InChI=1S/C24H31NO6S/c1-2-3-17-30-19-9-11-21(12-10-19)32(28,29)22(31-20-7-5-4-6-8-20)18-24(23(26)27)13-15-25-16-14-24/h4-12,22,25H,2-3,13-18H2,1H3,(H,26,27). The Bertz CT molecular complexity index is 969. The van der Waals surface area contributed by atoms with E-state index in [4.69, 9.17) is 9.47 Å². The molecule has 2 aromatic carbocycles. The number of carbonyl (C=O) groups is 1. The zero-order valence-corrected chi connectivity index (χ0v) is 19.1. The number of rotatable bonds is 11. The van der Waals surface area contributed by atoms with Crippen LogP contribution >= 0.6 is 0 Å². The lowest BCUT2D eigenvalue weighted by Gasteiger charge is -2.36. The summed E-state index contributed by atoms with van der Waals surface area (Å²) in [6.07, 6.45) is 2.48. The van der Waals surface area contributed by atoms with Gasteiger partial charge in [-0.2, -0.15) is 0 Å². The first-order valence-corrected chi connectivity index (χ1v) is 12.5. The summed E-state index contributed by atoms with van der Waals surface area (Å²) in [5.74, 6) is -0.0103. The van der Waals surface area contributed by atoms with Gasteiger partial charge in [-0.3, -0.25) is 4.79 Å². The molecule has 7 nitrogen and oxygen atoms in total. The Morgan fingerprint density at radius 3 is 2.31 bits per heavy atom. The number of nitrogens with one attached hydrogen (secondary N) is 1. The maximum absolute atomic E-state index is 13.6. The number of ether oxygens (including phenoxy) is 2. The minimum absolute atomic E-state index is 0.0794. The Labute approximate surface area is 189 Å². The van der Waals surface area contributed by atoms with Crippen LogP contribution in [0.15, 0.2) is 59.5 Å². The molecule has 1 heterocycles. The van der Waals surface area contributed by atoms with E-state index in [1.54, 1.807) is 42.5 Å². The summed E-state index contributed by atoms with van der Waals surface area (Å²) in [6.45, 7) is 3.68. The predicted octanol–water partition coefficient (Wildman–Crippen LogP) is 3.89. The molecule has 1 unspecified atom stereocenters. The van der Waals surface area contributed by atoms with E-state index in [1.165, 1.54) is 12.1 Å². The number of piperidine rings is 1. The van der Waals surface area contributed by atoms with E-state index in [-0.39, 0.29) is 11.3 Å². The van der Waals surface area contributed by atoms with E-state index in [2.05, 4.69) is 12.2 Å². The number of benzene rings is 2. The van der Waals surface area contributed by atoms with Crippen molar-refractivity contribution in [1.29, 1.82) is 0 Å². The van der Waals surface area contributed by atoms with Crippen molar-refractivity contribution in [2.45, 2.75) is 49.4 Å². The summed E-state index contributed by atoms with van der Waals surface area (Å²) in [5.41, 5.74) is -2.49. The first kappa shape index (κ1) is 24.1. The number of sulfone groups is 1. The second-order valence-corrected chi connectivity index (χ2v) is 10.2. The molecule has 1 aliphatic rings. The number of unbranched alkanes of at least 4 members (excludes halogenated alkanes) is 1. The summed E-state index contributed by atoms with van der Waals surface area (Å²) in [5, 5.41) is 13.1. The molecule has 0 bridgehead atoms. The molecule has 0 amide bonds. The van der Waals surface area contributed by atoms with Gasteiger partial charge in [0.25, 0.3) is 0 Å². The Hall–Kier alpha value is -2.58. The van der Waals surface area contributed by atoms with E-state index in [9.17, 15) is 18.3 Å². The fourth-order valence-corrected chi connectivity index (χ4v) is 5.40. The molecule has 0 aliphatic carbocycles. The monoisotopic (exact) mass is 461 g/mol.